The number of halogens is 4. The Kier molecular flexibility index (Phi) is 12.3. The van der Waals surface area contributed by atoms with Gasteiger partial charge in [-0.15, -0.1) is 46.4 Å². The Morgan fingerprint density at radius 3 is 1.62 bits per heavy atom. The van der Waals surface area contributed by atoms with E-state index in [9.17, 15) is 4.57 Å². The number of hydrogen-bond acceptors (Lipinski definition) is 3. The normalized spacial score (nSPS) is 17.0. The fourth-order valence-electron chi connectivity index (χ4n) is 0.762. The maximum absolute atomic E-state index is 11.2. The quantitative estimate of drug-likeness (QED) is 0.450. The number of rotatable bonds is 10. The molecule has 0 rings (SSSR count). The zero-order chi connectivity index (χ0) is 12.4. The van der Waals surface area contributed by atoms with Gasteiger partial charge in [0.05, 0.1) is 24.0 Å². The van der Waals surface area contributed by atoms with E-state index in [1.54, 1.807) is 0 Å². The average Bonchev–Trinajstić information content (AvgIpc) is 2.24. The Morgan fingerprint density at radius 1 is 0.938 bits per heavy atom. The smallest absolute Gasteiger partial charge is 0.309 e. The molecule has 0 N–H and O–H groups in total. The van der Waals surface area contributed by atoms with Gasteiger partial charge in [0.25, 0.3) is 0 Å². The topological polar surface area (TPSA) is 35.5 Å². The minimum Gasteiger partial charge on any atom is -0.309 e. The van der Waals surface area contributed by atoms with Crippen LogP contribution in [0.25, 0.3) is 0 Å². The Labute approximate surface area is 117 Å². The van der Waals surface area contributed by atoms with E-state index in [1.807, 2.05) is 0 Å². The lowest BCUT2D eigenvalue weighted by atomic mass is 10.3. The monoisotopic (exact) mass is 330 g/mol. The summed E-state index contributed by atoms with van der Waals surface area (Å²) in [4.78, 5) is 0. The van der Waals surface area contributed by atoms with Gasteiger partial charge in [-0.25, -0.2) is 0 Å². The van der Waals surface area contributed by atoms with Gasteiger partial charge in [-0.05, 0) is 12.8 Å². The summed E-state index contributed by atoms with van der Waals surface area (Å²) in [5.74, 6) is 0.886. The molecular weight excluding hydrogens is 317 g/mol. The molecule has 16 heavy (non-hydrogen) atoms. The first kappa shape index (κ1) is 17.3. The van der Waals surface area contributed by atoms with E-state index < -0.39 is 8.25 Å². The summed E-state index contributed by atoms with van der Waals surface area (Å²) in [5.41, 5.74) is 0. The highest BCUT2D eigenvalue weighted by molar-refractivity contribution is 7.33. The zero-order valence-electron chi connectivity index (χ0n) is 8.63. The van der Waals surface area contributed by atoms with E-state index in [0.29, 0.717) is 24.6 Å². The van der Waals surface area contributed by atoms with Crippen molar-refractivity contribution < 1.29 is 13.6 Å². The highest BCUT2D eigenvalue weighted by Crippen LogP contribution is 2.26. The number of alkyl halides is 4. The van der Waals surface area contributed by atoms with E-state index >= 15 is 0 Å². The summed E-state index contributed by atoms with van der Waals surface area (Å²) >= 11 is 22.6. The van der Waals surface area contributed by atoms with Gasteiger partial charge in [0, 0.05) is 11.8 Å². The Bertz CT molecular complexity index is 178. The van der Waals surface area contributed by atoms with Crippen LogP contribution in [0.4, 0.5) is 0 Å². The van der Waals surface area contributed by atoms with Crippen molar-refractivity contribution in [3.05, 3.63) is 0 Å². The van der Waals surface area contributed by atoms with Gasteiger partial charge < -0.3 is 9.05 Å². The van der Waals surface area contributed by atoms with Crippen molar-refractivity contribution in [2.24, 2.45) is 0 Å². The van der Waals surface area contributed by atoms with Gasteiger partial charge in [-0.3, -0.25) is 4.57 Å². The molecule has 2 atom stereocenters. The summed E-state index contributed by atoms with van der Waals surface area (Å²) in [5, 5.41) is -0.491. The van der Waals surface area contributed by atoms with Crippen LogP contribution in [0.1, 0.15) is 12.8 Å². The molecule has 0 heterocycles. The second-order valence-electron chi connectivity index (χ2n) is 3.02. The molecule has 0 saturated heterocycles. The molecule has 0 aromatic carbocycles. The lowest BCUT2D eigenvalue weighted by Crippen LogP contribution is -2.09. The highest BCUT2D eigenvalue weighted by atomic mass is 35.5. The Hall–Kier alpha value is 1.31. The molecule has 2 unspecified atom stereocenters. The van der Waals surface area contributed by atoms with Crippen molar-refractivity contribution in [1.82, 2.24) is 0 Å². The van der Waals surface area contributed by atoms with Gasteiger partial charge in [-0.1, -0.05) is 0 Å². The van der Waals surface area contributed by atoms with Crippen molar-refractivity contribution in [1.29, 1.82) is 0 Å². The third-order valence-corrected chi connectivity index (χ3v) is 3.54. The summed E-state index contributed by atoms with van der Waals surface area (Å²) in [6.07, 6.45) is 1.20. The van der Waals surface area contributed by atoms with Gasteiger partial charge >= 0.3 is 8.25 Å². The molecule has 0 spiro atoms. The van der Waals surface area contributed by atoms with Crippen LogP contribution in [-0.2, 0) is 13.6 Å². The molecule has 98 valence electrons. The highest BCUT2D eigenvalue weighted by Gasteiger charge is 2.10. The second kappa shape index (κ2) is 11.4. The third-order valence-electron chi connectivity index (χ3n) is 1.61. The van der Waals surface area contributed by atoms with E-state index in [4.69, 9.17) is 55.5 Å². The molecule has 0 fully saturated rings. The first-order chi connectivity index (χ1) is 7.60. The SMILES string of the molecule is O=[PH](OCC(Cl)CCCl)OCC(Cl)CCCl. The molecule has 0 saturated carbocycles. The zero-order valence-corrected chi connectivity index (χ0v) is 12.7. The first-order valence-electron chi connectivity index (χ1n) is 4.79. The molecule has 0 radical (unpaired) electrons. The van der Waals surface area contributed by atoms with Gasteiger partial charge in [-0.2, -0.15) is 0 Å². The lowest BCUT2D eigenvalue weighted by molar-refractivity contribution is 0.223. The Balaban J connectivity index is 3.51. The van der Waals surface area contributed by atoms with Crippen LogP contribution in [0.2, 0.25) is 0 Å². The molecule has 0 aromatic rings. The minimum atomic E-state index is -2.52. The maximum Gasteiger partial charge on any atom is 0.319 e. The number of hydrogen-bond donors (Lipinski definition) is 0. The van der Waals surface area contributed by atoms with Crippen LogP contribution in [-0.4, -0.2) is 35.7 Å². The van der Waals surface area contributed by atoms with E-state index in [2.05, 4.69) is 0 Å². The standard InChI is InChI=1S/C8H15Cl4O3P/c9-3-1-7(11)5-14-16(13)15-6-8(12)2-4-10/h7-8,16H,1-6H2. The second-order valence-corrected chi connectivity index (χ2v) is 6.09. The van der Waals surface area contributed by atoms with Crippen molar-refractivity contribution >= 4 is 54.7 Å². The molecule has 0 aliphatic heterocycles. The summed E-state index contributed by atoms with van der Waals surface area (Å²) in [6, 6.07) is 0. The van der Waals surface area contributed by atoms with Crippen molar-refractivity contribution in [3.63, 3.8) is 0 Å². The van der Waals surface area contributed by atoms with Gasteiger partial charge in [0.1, 0.15) is 0 Å². The van der Waals surface area contributed by atoms with Crippen LogP contribution < -0.4 is 0 Å². The van der Waals surface area contributed by atoms with Crippen molar-refractivity contribution in [2.75, 3.05) is 25.0 Å². The largest absolute Gasteiger partial charge is 0.319 e. The fourth-order valence-corrected chi connectivity index (χ4v) is 2.83. The van der Waals surface area contributed by atoms with E-state index in [0.717, 1.165) is 0 Å². The molecule has 0 amide bonds. The van der Waals surface area contributed by atoms with Crippen LogP contribution in [0.5, 0.6) is 0 Å². The van der Waals surface area contributed by atoms with Crippen LogP contribution in [0, 0.1) is 0 Å². The van der Waals surface area contributed by atoms with E-state index in [1.165, 1.54) is 0 Å². The van der Waals surface area contributed by atoms with Crippen LogP contribution in [0.15, 0.2) is 0 Å². The summed E-state index contributed by atoms with van der Waals surface area (Å²) < 4.78 is 21.1. The van der Waals surface area contributed by atoms with Gasteiger partial charge in [0.15, 0.2) is 0 Å². The van der Waals surface area contributed by atoms with Crippen molar-refractivity contribution in [3.8, 4) is 0 Å². The molecule has 0 bridgehead atoms. The minimum absolute atomic E-state index is 0.161. The predicted molar refractivity (Wildman–Crippen MR) is 70.9 cm³/mol. The summed E-state index contributed by atoms with van der Waals surface area (Å²) in [7, 11) is -2.52. The van der Waals surface area contributed by atoms with E-state index in [-0.39, 0.29) is 24.0 Å². The molecule has 0 aliphatic rings. The molecule has 3 nitrogen and oxygen atoms in total. The average molecular weight is 332 g/mol. The molecule has 0 aliphatic carbocycles. The third kappa shape index (κ3) is 10.5. The van der Waals surface area contributed by atoms with Crippen LogP contribution >= 0.6 is 54.7 Å². The first-order valence-corrected chi connectivity index (χ1v) is 7.96. The lowest BCUT2D eigenvalue weighted by Gasteiger charge is -2.10. The van der Waals surface area contributed by atoms with Crippen LogP contribution in [0.3, 0.4) is 0 Å². The maximum atomic E-state index is 11.2. The fraction of sp³-hybridized carbons (Fsp3) is 1.00. The predicted octanol–water partition coefficient (Wildman–Crippen LogP) is 3.88. The van der Waals surface area contributed by atoms with Gasteiger partial charge in [0.2, 0.25) is 0 Å². The molecular formula is C8H15Cl4O3P. The summed E-state index contributed by atoms with van der Waals surface area (Å²) in [6.45, 7) is 0.322. The Morgan fingerprint density at radius 2 is 1.31 bits per heavy atom. The molecule has 8 heteroatoms. The van der Waals surface area contributed by atoms with Crippen molar-refractivity contribution in [2.45, 2.75) is 23.6 Å². The molecule has 0 aromatic heterocycles.